The highest BCUT2D eigenvalue weighted by molar-refractivity contribution is 5.93. The van der Waals surface area contributed by atoms with Gasteiger partial charge in [-0.05, 0) is 43.7 Å². The van der Waals surface area contributed by atoms with Crippen LogP contribution >= 0.6 is 0 Å². The van der Waals surface area contributed by atoms with Gasteiger partial charge >= 0.3 is 0 Å². The van der Waals surface area contributed by atoms with Crippen LogP contribution in [0.1, 0.15) is 44.3 Å². The summed E-state index contributed by atoms with van der Waals surface area (Å²) in [7, 11) is 1.67. The molecule has 0 aliphatic heterocycles. The van der Waals surface area contributed by atoms with Gasteiger partial charge in [-0.25, -0.2) is 9.97 Å². The number of ether oxygens (including phenoxy) is 1. The van der Waals surface area contributed by atoms with E-state index in [1.54, 1.807) is 20.2 Å². The van der Waals surface area contributed by atoms with E-state index in [-0.39, 0.29) is 5.91 Å². The molecule has 4 N–H and O–H groups in total. The Kier molecular flexibility index (Phi) is 5.20. The molecular formula is C24H28N6O2. The molecule has 1 saturated carbocycles. The normalized spacial score (nSPS) is 18.8. The van der Waals surface area contributed by atoms with Crippen molar-refractivity contribution in [3.8, 4) is 17.1 Å². The third-order valence-corrected chi connectivity index (χ3v) is 6.55. The fourth-order valence-electron chi connectivity index (χ4n) is 4.90. The SMILES string of the molecule is COc1cccc2cc(-c3nc(C4CCC(CNC(C)=O)CC4)n4ccnc(N)c34)[nH]c12. The van der Waals surface area contributed by atoms with E-state index in [2.05, 4.69) is 31.8 Å². The number of methoxy groups -OCH3 is 1. The molecule has 8 heteroatoms. The monoisotopic (exact) mass is 432 g/mol. The number of nitrogens with zero attached hydrogens (tertiary/aromatic N) is 3. The number of imidazole rings is 1. The summed E-state index contributed by atoms with van der Waals surface area (Å²) in [5.41, 5.74) is 9.80. The number of fused-ring (bicyclic) bond motifs is 2. The number of anilines is 1. The number of H-pyrrole nitrogens is 1. The van der Waals surface area contributed by atoms with E-state index in [4.69, 9.17) is 15.5 Å². The molecule has 1 fully saturated rings. The number of nitrogen functional groups attached to an aromatic ring is 1. The van der Waals surface area contributed by atoms with Crippen LogP contribution in [0.4, 0.5) is 5.82 Å². The minimum atomic E-state index is 0.0361. The van der Waals surface area contributed by atoms with Crippen molar-refractivity contribution in [1.29, 1.82) is 0 Å². The average Bonchev–Trinajstić information content (AvgIpc) is 3.40. The number of aromatic amines is 1. The van der Waals surface area contributed by atoms with E-state index in [0.29, 0.717) is 17.7 Å². The number of hydrogen-bond donors (Lipinski definition) is 3. The summed E-state index contributed by atoms with van der Waals surface area (Å²) in [5.74, 6) is 3.17. The van der Waals surface area contributed by atoms with Gasteiger partial charge in [-0.1, -0.05) is 12.1 Å². The number of hydrogen-bond acceptors (Lipinski definition) is 5. The Morgan fingerprint density at radius 1 is 1.31 bits per heavy atom. The Bertz CT molecular complexity index is 1280. The van der Waals surface area contributed by atoms with Crippen LogP contribution in [0, 0.1) is 5.92 Å². The molecule has 1 amide bonds. The van der Waals surface area contributed by atoms with E-state index in [1.807, 2.05) is 18.3 Å². The Morgan fingerprint density at radius 2 is 2.12 bits per heavy atom. The maximum atomic E-state index is 11.2. The quantitative estimate of drug-likeness (QED) is 0.443. The number of nitrogens with two attached hydrogens (primary N) is 1. The lowest BCUT2D eigenvalue weighted by atomic mass is 9.81. The molecule has 0 bridgehead atoms. The average molecular weight is 433 g/mol. The predicted molar refractivity (Wildman–Crippen MR) is 125 cm³/mol. The van der Waals surface area contributed by atoms with Gasteiger partial charge < -0.3 is 20.8 Å². The van der Waals surface area contributed by atoms with E-state index >= 15 is 0 Å². The van der Waals surface area contributed by atoms with Crippen LogP contribution in [0.25, 0.3) is 27.8 Å². The van der Waals surface area contributed by atoms with Gasteiger partial charge in [0.25, 0.3) is 0 Å². The highest BCUT2D eigenvalue weighted by atomic mass is 16.5. The zero-order valence-corrected chi connectivity index (χ0v) is 18.4. The lowest BCUT2D eigenvalue weighted by molar-refractivity contribution is -0.119. The molecular weight excluding hydrogens is 404 g/mol. The van der Waals surface area contributed by atoms with Crippen molar-refractivity contribution in [3.05, 3.63) is 42.5 Å². The second-order valence-corrected chi connectivity index (χ2v) is 8.61. The fraction of sp³-hybridized carbons (Fsp3) is 0.375. The van der Waals surface area contributed by atoms with Crippen LogP contribution in [0.15, 0.2) is 36.7 Å². The Hall–Kier alpha value is -3.55. The van der Waals surface area contributed by atoms with Gasteiger partial charge in [0.1, 0.15) is 28.6 Å². The highest BCUT2D eigenvalue weighted by Crippen LogP contribution is 2.39. The Labute approximate surface area is 186 Å². The first-order valence-electron chi connectivity index (χ1n) is 11.1. The number of aromatic nitrogens is 4. The Balaban J connectivity index is 1.52. The van der Waals surface area contributed by atoms with Crippen molar-refractivity contribution in [2.24, 2.45) is 5.92 Å². The smallest absolute Gasteiger partial charge is 0.216 e. The van der Waals surface area contributed by atoms with Crippen molar-refractivity contribution in [3.63, 3.8) is 0 Å². The van der Waals surface area contributed by atoms with Crippen LogP contribution in [-0.4, -0.2) is 38.9 Å². The molecule has 0 radical (unpaired) electrons. The van der Waals surface area contributed by atoms with Gasteiger partial charge in [-0.2, -0.15) is 0 Å². The van der Waals surface area contributed by atoms with Gasteiger partial charge in [0.2, 0.25) is 5.91 Å². The minimum Gasteiger partial charge on any atom is -0.495 e. The van der Waals surface area contributed by atoms with Gasteiger partial charge in [0.05, 0.1) is 18.3 Å². The molecule has 166 valence electrons. The molecule has 8 nitrogen and oxygen atoms in total. The molecule has 0 saturated heterocycles. The van der Waals surface area contributed by atoms with Crippen LogP contribution in [0.2, 0.25) is 0 Å². The second kappa shape index (κ2) is 8.18. The van der Waals surface area contributed by atoms with E-state index in [0.717, 1.165) is 71.6 Å². The zero-order chi connectivity index (χ0) is 22.2. The number of carbonyl (C=O) groups excluding carboxylic acids is 1. The number of para-hydroxylation sites is 1. The molecule has 1 aliphatic rings. The summed E-state index contributed by atoms with van der Waals surface area (Å²) < 4.78 is 7.61. The third-order valence-electron chi connectivity index (χ3n) is 6.55. The second-order valence-electron chi connectivity index (χ2n) is 8.61. The summed E-state index contributed by atoms with van der Waals surface area (Å²) >= 11 is 0. The molecule has 3 aromatic heterocycles. The summed E-state index contributed by atoms with van der Waals surface area (Å²) in [4.78, 5) is 24.1. The van der Waals surface area contributed by atoms with E-state index in [9.17, 15) is 4.79 Å². The number of carbonyl (C=O) groups is 1. The molecule has 0 unspecified atom stereocenters. The first kappa shape index (κ1) is 20.4. The Morgan fingerprint density at radius 3 is 2.88 bits per heavy atom. The first-order chi connectivity index (χ1) is 15.5. The van der Waals surface area contributed by atoms with Crippen LogP contribution in [0.3, 0.4) is 0 Å². The van der Waals surface area contributed by atoms with Gasteiger partial charge in [0, 0.05) is 37.2 Å². The number of rotatable bonds is 5. The lowest BCUT2D eigenvalue weighted by Crippen LogP contribution is -2.29. The summed E-state index contributed by atoms with van der Waals surface area (Å²) in [6, 6.07) is 8.05. The molecule has 1 aromatic carbocycles. The van der Waals surface area contributed by atoms with Crippen LogP contribution < -0.4 is 15.8 Å². The van der Waals surface area contributed by atoms with Gasteiger partial charge in [0.15, 0.2) is 0 Å². The fourth-order valence-corrected chi connectivity index (χ4v) is 4.90. The summed E-state index contributed by atoms with van der Waals surface area (Å²) in [5, 5.41) is 4.01. The zero-order valence-electron chi connectivity index (χ0n) is 18.4. The van der Waals surface area contributed by atoms with Crippen molar-refractivity contribution < 1.29 is 9.53 Å². The molecule has 5 rings (SSSR count). The van der Waals surface area contributed by atoms with Gasteiger partial charge in [-0.3, -0.25) is 9.20 Å². The van der Waals surface area contributed by atoms with Crippen LogP contribution in [0.5, 0.6) is 5.75 Å². The van der Waals surface area contributed by atoms with E-state index < -0.39 is 0 Å². The number of benzene rings is 1. The highest BCUT2D eigenvalue weighted by Gasteiger charge is 2.28. The predicted octanol–water partition coefficient (Wildman–Crippen LogP) is 3.88. The van der Waals surface area contributed by atoms with Crippen molar-refractivity contribution in [2.45, 2.75) is 38.5 Å². The first-order valence-corrected chi connectivity index (χ1v) is 11.1. The minimum absolute atomic E-state index is 0.0361. The van der Waals surface area contributed by atoms with Crippen LogP contribution in [-0.2, 0) is 4.79 Å². The van der Waals surface area contributed by atoms with Gasteiger partial charge in [-0.15, -0.1) is 0 Å². The molecule has 3 heterocycles. The number of nitrogens with one attached hydrogen (secondary N) is 2. The maximum absolute atomic E-state index is 11.2. The topological polar surface area (TPSA) is 110 Å². The third kappa shape index (κ3) is 3.55. The lowest BCUT2D eigenvalue weighted by Gasteiger charge is -2.27. The molecule has 1 aliphatic carbocycles. The molecule has 0 atom stereocenters. The number of amides is 1. The molecule has 4 aromatic rings. The summed E-state index contributed by atoms with van der Waals surface area (Å²) in [6.07, 6.45) is 7.88. The van der Waals surface area contributed by atoms with Crippen molar-refractivity contribution in [2.75, 3.05) is 19.4 Å². The van der Waals surface area contributed by atoms with Crippen molar-refractivity contribution >= 4 is 28.1 Å². The van der Waals surface area contributed by atoms with Crippen molar-refractivity contribution in [1.82, 2.24) is 24.7 Å². The van der Waals surface area contributed by atoms with E-state index in [1.165, 1.54) is 0 Å². The molecule has 32 heavy (non-hydrogen) atoms. The largest absolute Gasteiger partial charge is 0.495 e. The molecule has 0 spiro atoms. The maximum Gasteiger partial charge on any atom is 0.216 e. The standard InChI is InChI=1S/C24H28N6O2/c1-14(31)27-13-15-6-8-16(9-7-15)24-29-21(22-23(25)26-10-11-30(22)24)18-12-17-4-3-5-19(32-2)20(17)28-18/h3-5,10-12,15-16,28H,6-9,13H2,1-2H3,(H2,25,26)(H,27,31). The summed E-state index contributed by atoms with van der Waals surface area (Å²) in [6.45, 7) is 2.32.